The molecule has 2 unspecified atom stereocenters. The number of rotatable bonds is 11. The third-order valence-electron chi connectivity index (χ3n) is 3.99. The van der Waals surface area contributed by atoms with Crippen molar-refractivity contribution in [2.75, 3.05) is 0 Å². The lowest BCUT2D eigenvalue weighted by Crippen LogP contribution is -2.25. The maximum atomic E-state index is 11.9. The fourth-order valence-corrected chi connectivity index (χ4v) is 2.98. The minimum Gasteiger partial charge on any atom is -0.463 e. The van der Waals surface area contributed by atoms with Gasteiger partial charge in [-0.1, -0.05) is 27.7 Å². The molecule has 6 heteroatoms. The average molecular weight is 364 g/mol. The molecule has 6 nitrogen and oxygen atoms in total. The molecule has 146 valence electrons. The smallest absolute Gasteiger partial charge is 0.306 e. The molecule has 0 saturated carbocycles. The van der Waals surface area contributed by atoms with Gasteiger partial charge in [-0.15, -0.1) is 0 Å². The standard InChI is InChI=1S/C20H32N2O4/c1-15(13-19(3,4)9-11-21)25-17(23)7-8-18(24)26-16(2)14-20(5,6)10-12-22/h15-16H,7-10,13-14H2,1-6H3. The van der Waals surface area contributed by atoms with Crippen LogP contribution in [0.4, 0.5) is 0 Å². The number of esters is 2. The van der Waals surface area contributed by atoms with Crippen molar-refractivity contribution in [1.29, 1.82) is 10.5 Å². The van der Waals surface area contributed by atoms with E-state index >= 15 is 0 Å². The molecule has 2 atom stereocenters. The first-order valence-corrected chi connectivity index (χ1v) is 9.03. The molecule has 0 aliphatic carbocycles. The van der Waals surface area contributed by atoms with Crippen LogP contribution in [0.15, 0.2) is 0 Å². The molecule has 0 N–H and O–H groups in total. The van der Waals surface area contributed by atoms with Gasteiger partial charge in [0, 0.05) is 12.8 Å². The van der Waals surface area contributed by atoms with Gasteiger partial charge in [0.15, 0.2) is 0 Å². The average Bonchev–Trinajstić information content (AvgIpc) is 2.43. The lowest BCUT2D eigenvalue weighted by Gasteiger charge is -2.25. The zero-order valence-electron chi connectivity index (χ0n) is 16.9. The summed E-state index contributed by atoms with van der Waals surface area (Å²) in [5.74, 6) is -0.889. The third-order valence-corrected chi connectivity index (χ3v) is 3.99. The Morgan fingerprint density at radius 2 is 1.12 bits per heavy atom. The molecule has 0 fully saturated rings. The van der Waals surface area contributed by atoms with Gasteiger partial charge in [-0.25, -0.2) is 0 Å². The van der Waals surface area contributed by atoms with E-state index in [9.17, 15) is 9.59 Å². The molecular weight excluding hydrogens is 332 g/mol. The Morgan fingerprint density at radius 3 is 1.38 bits per heavy atom. The first-order valence-electron chi connectivity index (χ1n) is 9.03. The fourth-order valence-electron chi connectivity index (χ4n) is 2.98. The zero-order valence-corrected chi connectivity index (χ0v) is 16.9. The first-order chi connectivity index (χ1) is 11.9. The normalized spacial score (nSPS) is 13.8. The summed E-state index contributed by atoms with van der Waals surface area (Å²) in [5, 5.41) is 17.6. The van der Waals surface area contributed by atoms with Gasteiger partial charge in [0.1, 0.15) is 0 Å². The summed E-state index contributed by atoms with van der Waals surface area (Å²) in [6.07, 6.45) is 1.26. The van der Waals surface area contributed by atoms with Gasteiger partial charge in [0.2, 0.25) is 0 Å². The lowest BCUT2D eigenvalue weighted by molar-refractivity contribution is -0.156. The van der Waals surface area contributed by atoms with E-state index in [1.807, 2.05) is 27.7 Å². The molecule has 0 aliphatic rings. The van der Waals surface area contributed by atoms with Crippen LogP contribution in [0.1, 0.15) is 80.1 Å². The van der Waals surface area contributed by atoms with Gasteiger partial charge in [-0.05, 0) is 37.5 Å². The number of hydrogen-bond donors (Lipinski definition) is 0. The van der Waals surface area contributed by atoms with Crippen LogP contribution in [0, 0.1) is 33.5 Å². The second-order valence-electron chi connectivity index (χ2n) is 8.51. The summed E-state index contributed by atoms with van der Waals surface area (Å²) in [6, 6.07) is 4.26. The molecular formula is C20H32N2O4. The molecule has 0 amide bonds. The molecule has 0 aromatic heterocycles. The van der Waals surface area contributed by atoms with Crippen LogP contribution in [-0.4, -0.2) is 24.1 Å². The van der Waals surface area contributed by atoms with E-state index in [4.69, 9.17) is 20.0 Å². The van der Waals surface area contributed by atoms with Crippen LogP contribution in [0.3, 0.4) is 0 Å². The zero-order chi connectivity index (χ0) is 20.4. The summed E-state index contributed by atoms with van der Waals surface area (Å²) >= 11 is 0. The van der Waals surface area contributed by atoms with Crippen molar-refractivity contribution in [3.8, 4) is 12.1 Å². The molecule has 0 radical (unpaired) electrons. The Morgan fingerprint density at radius 1 is 0.808 bits per heavy atom. The maximum absolute atomic E-state index is 11.9. The van der Waals surface area contributed by atoms with Gasteiger partial charge in [0.05, 0.1) is 37.2 Å². The highest BCUT2D eigenvalue weighted by Crippen LogP contribution is 2.28. The van der Waals surface area contributed by atoms with Crippen molar-refractivity contribution >= 4 is 11.9 Å². The minimum absolute atomic E-state index is 0.0316. The van der Waals surface area contributed by atoms with Crippen LogP contribution >= 0.6 is 0 Å². The van der Waals surface area contributed by atoms with Gasteiger partial charge in [-0.3, -0.25) is 9.59 Å². The highest BCUT2D eigenvalue weighted by molar-refractivity contribution is 5.77. The summed E-state index contributed by atoms with van der Waals surface area (Å²) in [4.78, 5) is 23.7. The van der Waals surface area contributed by atoms with Crippen molar-refractivity contribution in [2.45, 2.75) is 92.3 Å². The molecule has 0 heterocycles. The fraction of sp³-hybridized carbons (Fsp3) is 0.800. The molecule has 0 aromatic rings. The van der Waals surface area contributed by atoms with E-state index in [0.29, 0.717) is 25.7 Å². The largest absolute Gasteiger partial charge is 0.463 e. The quantitative estimate of drug-likeness (QED) is 0.507. The topological polar surface area (TPSA) is 100 Å². The Bertz CT molecular complexity index is 505. The van der Waals surface area contributed by atoms with Crippen LogP contribution in [0.5, 0.6) is 0 Å². The SMILES string of the molecule is CC(CC(C)(C)CC#N)OC(=O)CCC(=O)OC(C)CC(C)(C)CC#N. The Hall–Kier alpha value is -2.08. The van der Waals surface area contributed by atoms with Crippen LogP contribution in [0.25, 0.3) is 0 Å². The third kappa shape index (κ3) is 11.5. The summed E-state index contributed by atoms with van der Waals surface area (Å²) in [7, 11) is 0. The summed E-state index contributed by atoms with van der Waals surface area (Å²) in [6.45, 7) is 11.4. The summed E-state index contributed by atoms with van der Waals surface area (Å²) in [5.41, 5.74) is -0.446. The van der Waals surface area contributed by atoms with E-state index in [0.717, 1.165) is 0 Å². The Labute approximate surface area is 157 Å². The monoisotopic (exact) mass is 364 g/mol. The minimum atomic E-state index is -0.445. The maximum Gasteiger partial charge on any atom is 0.306 e. The molecule has 0 saturated heterocycles. The highest BCUT2D eigenvalue weighted by atomic mass is 16.5. The highest BCUT2D eigenvalue weighted by Gasteiger charge is 2.25. The molecule has 0 rings (SSSR count). The predicted octanol–water partition coefficient (Wildman–Crippen LogP) is 4.29. The number of ether oxygens (including phenoxy) is 2. The van der Waals surface area contributed by atoms with Crippen molar-refractivity contribution in [1.82, 2.24) is 0 Å². The van der Waals surface area contributed by atoms with Gasteiger partial charge >= 0.3 is 11.9 Å². The Balaban J connectivity index is 4.21. The molecule has 0 bridgehead atoms. The van der Waals surface area contributed by atoms with E-state index < -0.39 is 11.9 Å². The summed E-state index contributed by atoms with van der Waals surface area (Å²) < 4.78 is 10.6. The van der Waals surface area contributed by atoms with E-state index in [-0.39, 0.29) is 35.9 Å². The van der Waals surface area contributed by atoms with Gasteiger partial charge in [-0.2, -0.15) is 10.5 Å². The molecule has 0 aromatic carbocycles. The van der Waals surface area contributed by atoms with E-state index in [1.54, 1.807) is 13.8 Å². The van der Waals surface area contributed by atoms with Gasteiger partial charge in [0.25, 0.3) is 0 Å². The van der Waals surface area contributed by atoms with E-state index in [2.05, 4.69) is 12.1 Å². The van der Waals surface area contributed by atoms with Crippen LogP contribution in [-0.2, 0) is 19.1 Å². The van der Waals surface area contributed by atoms with Crippen LogP contribution < -0.4 is 0 Å². The van der Waals surface area contributed by atoms with Crippen molar-refractivity contribution in [3.63, 3.8) is 0 Å². The number of carbonyl (C=O) groups is 2. The second-order valence-corrected chi connectivity index (χ2v) is 8.51. The number of nitriles is 2. The van der Waals surface area contributed by atoms with Crippen LogP contribution in [0.2, 0.25) is 0 Å². The first kappa shape index (κ1) is 23.9. The van der Waals surface area contributed by atoms with Crippen molar-refractivity contribution in [3.05, 3.63) is 0 Å². The molecule has 0 spiro atoms. The Kier molecular flexibility index (Phi) is 9.94. The predicted molar refractivity (Wildman–Crippen MR) is 97.6 cm³/mol. The number of nitrogens with zero attached hydrogens (tertiary/aromatic N) is 2. The van der Waals surface area contributed by atoms with Crippen molar-refractivity contribution in [2.24, 2.45) is 10.8 Å². The lowest BCUT2D eigenvalue weighted by atomic mass is 9.84. The number of hydrogen-bond acceptors (Lipinski definition) is 6. The molecule has 0 aliphatic heterocycles. The number of carbonyl (C=O) groups excluding carboxylic acids is 2. The van der Waals surface area contributed by atoms with Gasteiger partial charge < -0.3 is 9.47 Å². The second kappa shape index (κ2) is 10.8. The van der Waals surface area contributed by atoms with E-state index in [1.165, 1.54) is 0 Å². The molecule has 26 heavy (non-hydrogen) atoms. The van der Waals surface area contributed by atoms with Crippen molar-refractivity contribution < 1.29 is 19.1 Å².